The maximum atomic E-state index is 12.1. The van der Waals surface area contributed by atoms with Crippen molar-refractivity contribution in [1.82, 2.24) is 15.6 Å². The van der Waals surface area contributed by atoms with Gasteiger partial charge in [-0.3, -0.25) is 9.89 Å². The molecule has 1 aromatic carbocycles. The van der Waals surface area contributed by atoms with Gasteiger partial charge in [0, 0.05) is 11.8 Å². The minimum atomic E-state index is -0.406. The van der Waals surface area contributed by atoms with E-state index in [0.29, 0.717) is 23.0 Å². The van der Waals surface area contributed by atoms with Crippen molar-refractivity contribution in [1.29, 1.82) is 0 Å². The molecule has 2 N–H and O–H groups in total. The Bertz CT molecular complexity index is 958. The highest BCUT2D eigenvalue weighted by Crippen LogP contribution is 2.31. The summed E-state index contributed by atoms with van der Waals surface area (Å²) in [5.41, 5.74) is 4.09. The molecule has 0 saturated heterocycles. The fourth-order valence-corrected chi connectivity index (χ4v) is 2.30. The largest absolute Gasteiger partial charge is 0.493 e. The number of nitrogens with zero attached hydrogens (tertiary/aromatic N) is 2. The third-order valence-corrected chi connectivity index (χ3v) is 3.63. The van der Waals surface area contributed by atoms with E-state index in [-0.39, 0.29) is 5.69 Å². The summed E-state index contributed by atoms with van der Waals surface area (Å²) in [6.45, 7) is 0. The second kappa shape index (κ2) is 8.52. The topological polar surface area (TPSA) is 102 Å². The van der Waals surface area contributed by atoms with Crippen molar-refractivity contribution in [2.75, 3.05) is 14.2 Å². The molecule has 2 aromatic heterocycles. The lowest BCUT2D eigenvalue weighted by molar-refractivity contribution is 0.0950. The van der Waals surface area contributed by atoms with E-state index < -0.39 is 5.91 Å². The van der Waals surface area contributed by atoms with Crippen LogP contribution in [-0.4, -0.2) is 36.5 Å². The Hall–Kier alpha value is -3.81. The first kappa shape index (κ1) is 18.0. The lowest BCUT2D eigenvalue weighted by Crippen LogP contribution is -2.17. The van der Waals surface area contributed by atoms with Gasteiger partial charge in [-0.05, 0) is 48.6 Å². The first-order valence-corrected chi connectivity index (χ1v) is 8.02. The van der Waals surface area contributed by atoms with Crippen LogP contribution in [0.5, 0.6) is 11.5 Å². The van der Waals surface area contributed by atoms with Crippen LogP contribution in [0.1, 0.15) is 16.2 Å². The number of methoxy groups -OCH3 is 2. The maximum Gasteiger partial charge on any atom is 0.289 e. The number of amides is 1. The molecule has 0 aliphatic heterocycles. The molecular weight excluding hydrogens is 348 g/mol. The SMILES string of the molecule is COc1ccc(-c2cc(C(=O)NN=CC=Cc3ccco3)[nH]n2)cc1OC. The molecule has 0 saturated carbocycles. The molecular formula is C19H18N4O4. The van der Waals surface area contributed by atoms with Gasteiger partial charge < -0.3 is 13.9 Å². The summed E-state index contributed by atoms with van der Waals surface area (Å²) in [4.78, 5) is 12.1. The monoisotopic (exact) mass is 366 g/mol. The van der Waals surface area contributed by atoms with Gasteiger partial charge in [0.2, 0.25) is 0 Å². The van der Waals surface area contributed by atoms with Gasteiger partial charge in [-0.15, -0.1) is 0 Å². The lowest BCUT2D eigenvalue weighted by atomic mass is 10.1. The summed E-state index contributed by atoms with van der Waals surface area (Å²) in [5.74, 6) is 1.49. The number of hydrogen-bond acceptors (Lipinski definition) is 6. The molecule has 0 fully saturated rings. The number of H-pyrrole nitrogens is 1. The Morgan fingerprint density at radius 2 is 2.07 bits per heavy atom. The van der Waals surface area contributed by atoms with Crippen molar-refractivity contribution < 1.29 is 18.7 Å². The fourth-order valence-electron chi connectivity index (χ4n) is 2.30. The summed E-state index contributed by atoms with van der Waals surface area (Å²) in [6, 6.07) is 10.6. The number of aromatic nitrogens is 2. The zero-order valence-electron chi connectivity index (χ0n) is 14.8. The smallest absolute Gasteiger partial charge is 0.289 e. The van der Waals surface area contributed by atoms with Crippen LogP contribution in [0.15, 0.2) is 58.3 Å². The van der Waals surface area contributed by atoms with E-state index in [1.54, 1.807) is 56.9 Å². The molecule has 0 aliphatic carbocycles. The highest BCUT2D eigenvalue weighted by molar-refractivity contribution is 5.94. The van der Waals surface area contributed by atoms with Gasteiger partial charge in [0.1, 0.15) is 11.5 Å². The molecule has 0 bridgehead atoms. The molecule has 8 nitrogen and oxygen atoms in total. The molecule has 1 amide bonds. The van der Waals surface area contributed by atoms with Gasteiger partial charge >= 0.3 is 0 Å². The predicted molar refractivity (Wildman–Crippen MR) is 101 cm³/mol. The average Bonchev–Trinajstić information content (AvgIpc) is 3.39. The van der Waals surface area contributed by atoms with Crippen LogP contribution < -0.4 is 14.9 Å². The number of aromatic amines is 1. The Morgan fingerprint density at radius 1 is 1.22 bits per heavy atom. The van der Waals surface area contributed by atoms with Crippen LogP contribution in [0, 0.1) is 0 Å². The zero-order valence-corrected chi connectivity index (χ0v) is 14.8. The number of allylic oxidation sites excluding steroid dienone is 1. The van der Waals surface area contributed by atoms with Crippen LogP contribution >= 0.6 is 0 Å². The Kier molecular flexibility index (Phi) is 5.68. The third-order valence-electron chi connectivity index (χ3n) is 3.63. The molecule has 0 aliphatic rings. The number of carbonyl (C=O) groups is 1. The maximum absolute atomic E-state index is 12.1. The van der Waals surface area contributed by atoms with E-state index in [1.807, 2.05) is 12.1 Å². The predicted octanol–water partition coefficient (Wildman–Crippen LogP) is 3.12. The van der Waals surface area contributed by atoms with Crippen molar-refractivity contribution in [2.24, 2.45) is 5.10 Å². The second-order valence-corrected chi connectivity index (χ2v) is 5.33. The molecule has 0 spiro atoms. The highest BCUT2D eigenvalue weighted by Gasteiger charge is 2.12. The minimum Gasteiger partial charge on any atom is -0.493 e. The average molecular weight is 366 g/mol. The van der Waals surface area contributed by atoms with Gasteiger partial charge in [0.25, 0.3) is 5.91 Å². The van der Waals surface area contributed by atoms with Gasteiger partial charge in [0.15, 0.2) is 11.5 Å². The zero-order chi connectivity index (χ0) is 19.1. The number of hydrogen-bond donors (Lipinski definition) is 2. The molecule has 27 heavy (non-hydrogen) atoms. The van der Waals surface area contributed by atoms with Crippen LogP contribution in [-0.2, 0) is 0 Å². The van der Waals surface area contributed by atoms with E-state index in [0.717, 1.165) is 5.56 Å². The number of rotatable bonds is 7. The molecule has 0 atom stereocenters. The summed E-state index contributed by atoms with van der Waals surface area (Å²) in [7, 11) is 3.13. The van der Waals surface area contributed by atoms with Gasteiger partial charge in [0.05, 0.1) is 26.2 Å². The fraction of sp³-hybridized carbons (Fsp3) is 0.105. The standard InChI is InChI=1S/C19H18N4O4/c1-25-17-8-7-13(11-18(17)26-2)15-12-16(22-21-15)19(24)23-20-9-3-5-14-6-4-10-27-14/h3-12H,1-2H3,(H,21,22)(H,23,24). The van der Waals surface area contributed by atoms with Crippen molar-refractivity contribution in [3.63, 3.8) is 0 Å². The quantitative estimate of drug-likeness (QED) is 0.494. The number of ether oxygens (including phenoxy) is 2. The van der Waals surface area contributed by atoms with Crippen molar-refractivity contribution in [2.45, 2.75) is 0 Å². The van der Waals surface area contributed by atoms with E-state index in [4.69, 9.17) is 13.9 Å². The van der Waals surface area contributed by atoms with Crippen molar-refractivity contribution in [3.8, 4) is 22.8 Å². The first-order valence-electron chi connectivity index (χ1n) is 8.02. The van der Waals surface area contributed by atoms with Gasteiger partial charge in [-0.25, -0.2) is 5.43 Å². The van der Waals surface area contributed by atoms with Gasteiger partial charge in [-0.1, -0.05) is 0 Å². The minimum absolute atomic E-state index is 0.284. The summed E-state index contributed by atoms with van der Waals surface area (Å²) in [5, 5.41) is 10.7. The van der Waals surface area contributed by atoms with E-state index in [9.17, 15) is 4.79 Å². The summed E-state index contributed by atoms with van der Waals surface area (Å²) in [6.07, 6.45) is 6.40. The summed E-state index contributed by atoms with van der Waals surface area (Å²) < 4.78 is 15.6. The molecule has 8 heteroatoms. The van der Waals surface area contributed by atoms with E-state index in [1.165, 1.54) is 6.21 Å². The molecule has 3 aromatic rings. The normalized spacial score (nSPS) is 11.2. The number of carbonyl (C=O) groups excluding carboxylic acids is 1. The van der Waals surface area contributed by atoms with Crippen LogP contribution in [0.25, 0.3) is 17.3 Å². The second-order valence-electron chi connectivity index (χ2n) is 5.33. The molecule has 138 valence electrons. The van der Waals surface area contributed by atoms with Crippen LogP contribution in [0.4, 0.5) is 0 Å². The van der Waals surface area contributed by atoms with E-state index in [2.05, 4.69) is 20.7 Å². The number of nitrogens with one attached hydrogen (secondary N) is 2. The Balaban J connectivity index is 1.64. The Labute approximate surface area is 155 Å². The van der Waals surface area contributed by atoms with Gasteiger partial charge in [-0.2, -0.15) is 10.2 Å². The van der Waals surface area contributed by atoms with Crippen LogP contribution in [0.2, 0.25) is 0 Å². The third kappa shape index (κ3) is 4.43. The molecule has 2 heterocycles. The van der Waals surface area contributed by atoms with E-state index >= 15 is 0 Å². The number of furan rings is 1. The summed E-state index contributed by atoms with van der Waals surface area (Å²) >= 11 is 0. The number of hydrazone groups is 1. The highest BCUT2D eigenvalue weighted by atomic mass is 16.5. The lowest BCUT2D eigenvalue weighted by Gasteiger charge is -2.08. The first-order chi connectivity index (χ1) is 13.2. The Morgan fingerprint density at radius 3 is 2.81 bits per heavy atom. The molecule has 3 rings (SSSR count). The molecule has 0 radical (unpaired) electrons. The van der Waals surface area contributed by atoms with Crippen molar-refractivity contribution in [3.05, 3.63) is 60.2 Å². The van der Waals surface area contributed by atoms with Crippen LogP contribution in [0.3, 0.4) is 0 Å². The van der Waals surface area contributed by atoms with Crippen molar-refractivity contribution >= 4 is 18.2 Å². The number of benzene rings is 1. The molecule has 0 unspecified atom stereocenters.